The van der Waals surface area contributed by atoms with Crippen LogP contribution in [-0.2, 0) is 44.8 Å². The number of carboxylic acids is 1. The van der Waals surface area contributed by atoms with Gasteiger partial charge in [-0.1, -0.05) is 57.5 Å². The topological polar surface area (TPSA) is 256 Å². The second-order valence-corrected chi connectivity index (χ2v) is 17.3. The van der Waals surface area contributed by atoms with Gasteiger partial charge in [0.1, 0.15) is 36.3 Å². The second kappa shape index (κ2) is 21.4. The maximum atomic E-state index is 14.6. The number of benzene rings is 1. The molecule has 0 saturated carbocycles. The van der Waals surface area contributed by atoms with Crippen LogP contribution in [0.15, 0.2) is 24.3 Å². The van der Waals surface area contributed by atoms with Crippen LogP contribution in [0.2, 0.25) is 0 Å². The van der Waals surface area contributed by atoms with E-state index in [0.29, 0.717) is 25.8 Å². The molecular weight excluding hydrogens is 777 g/mol. The molecule has 8 N–H and O–H groups in total. The highest BCUT2D eigenvalue weighted by molar-refractivity contribution is 5.98. The number of hydrogen-bond acceptors (Lipinski definition) is 10. The maximum absolute atomic E-state index is 14.6. The van der Waals surface area contributed by atoms with Crippen molar-refractivity contribution in [2.75, 3.05) is 19.6 Å². The Hall–Kier alpha value is -5.10. The van der Waals surface area contributed by atoms with E-state index in [-0.39, 0.29) is 44.2 Å². The van der Waals surface area contributed by atoms with E-state index in [1.54, 1.807) is 25.7 Å². The van der Waals surface area contributed by atoms with Gasteiger partial charge in [-0.05, 0) is 76.8 Å². The van der Waals surface area contributed by atoms with E-state index in [4.69, 9.17) is 0 Å². The van der Waals surface area contributed by atoms with Gasteiger partial charge in [0, 0.05) is 19.5 Å². The molecule has 9 atom stereocenters. The number of aliphatic hydroxyl groups excluding tert-OH is 1. The number of carbonyl (C=O) groups excluding carboxylic acids is 7. The molecule has 0 aliphatic carbocycles. The van der Waals surface area contributed by atoms with Crippen molar-refractivity contribution < 1.29 is 48.6 Å². The highest BCUT2D eigenvalue weighted by Gasteiger charge is 2.45. The minimum Gasteiger partial charge on any atom is -0.481 e. The van der Waals surface area contributed by atoms with E-state index < -0.39 is 108 Å². The third-order valence-electron chi connectivity index (χ3n) is 11.2. The molecule has 0 bridgehead atoms. The Bertz CT molecular complexity index is 1740. The fourth-order valence-corrected chi connectivity index (χ4v) is 8.09. The maximum Gasteiger partial charge on any atom is 0.305 e. The molecule has 3 fully saturated rings. The third-order valence-corrected chi connectivity index (χ3v) is 11.2. The van der Waals surface area contributed by atoms with Crippen LogP contribution in [0, 0.1) is 18.8 Å². The van der Waals surface area contributed by atoms with Crippen LogP contribution >= 0.6 is 0 Å². The average molecular weight is 841 g/mol. The number of fused-ring (bicyclic) bond motifs is 2. The summed E-state index contributed by atoms with van der Waals surface area (Å²) in [5.41, 5.74) is 1.76. The van der Waals surface area contributed by atoms with Crippen LogP contribution < -0.4 is 31.9 Å². The van der Waals surface area contributed by atoms with Gasteiger partial charge < -0.3 is 47.0 Å². The number of aryl methyl sites for hydroxylation is 1. The zero-order chi connectivity index (χ0) is 44.4. The molecule has 3 aliphatic rings. The van der Waals surface area contributed by atoms with Gasteiger partial charge in [0.25, 0.3) is 0 Å². The highest BCUT2D eigenvalue weighted by Crippen LogP contribution is 2.25. The molecule has 1 aromatic carbocycles. The first kappa shape index (κ1) is 47.6. The Morgan fingerprint density at radius 2 is 1.33 bits per heavy atom. The summed E-state index contributed by atoms with van der Waals surface area (Å²) in [6.45, 7) is 12.9. The molecule has 4 rings (SSSR count). The van der Waals surface area contributed by atoms with Crippen molar-refractivity contribution >= 4 is 47.3 Å². The van der Waals surface area contributed by atoms with Crippen molar-refractivity contribution in [1.29, 1.82) is 0 Å². The fraction of sp³-hybridized carbons (Fsp3) is 0.667. The molecule has 1 aromatic rings. The minimum atomic E-state index is -1.73. The number of nitrogens with one attached hydrogen (secondary N) is 6. The largest absolute Gasteiger partial charge is 0.481 e. The van der Waals surface area contributed by atoms with E-state index in [1.807, 2.05) is 45.0 Å². The first-order valence-corrected chi connectivity index (χ1v) is 21.1. The summed E-state index contributed by atoms with van der Waals surface area (Å²) >= 11 is 0. The minimum absolute atomic E-state index is 0.0629. The fourth-order valence-electron chi connectivity index (χ4n) is 8.09. The molecule has 18 heteroatoms. The lowest BCUT2D eigenvalue weighted by Crippen LogP contribution is -2.64. The summed E-state index contributed by atoms with van der Waals surface area (Å²) in [7, 11) is 0. The van der Waals surface area contributed by atoms with Gasteiger partial charge in [-0.2, -0.15) is 0 Å². The van der Waals surface area contributed by atoms with E-state index in [1.165, 1.54) is 11.8 Å². The van der Waals surface area contributed by atoms with E-state index in [9.17, 15) is 48.6 Å². The normalized spacial score (nSPS) is 28.4. The van der Waals surface area contributed by atoms with Crippen LogP contribution in [-0.4, -0.2) is 141 Å². The SMILES string of the molecule is Cc1ccc(C[C@@H]2NC(=O)[C@@H]3CCCN3[C@H](C(=O)NCC(C)C)[C@H](C)NC(=O)[C@H]([C@@H](C)O)NC(=O)[C@H](CC(=O)O)NC(=O)[C@H](CC(C)C)NC(=O)[C@H]3CCCN3C2=O)cc1. The summed E-state index contributed by atoms with van der Waals surface area (Å²) in [5.74, 6) is -6.55. The smallest absolute Gasteiger partial charge is 0.305 e. The van der Waals surface area contributed by atoms with Gasteiger partial charge in [-0.25, -0.2) is 0 Å². The molecule has 0 spiro atoms. The lowest BCUT2D eigenvalue weighted by molar-refractivity contribution is -0.143. The zero-order valence-electron chi connectivity index (χ0n) is 35.8. The Kier molecular flexibility index (Phi) is 17.0. The van der Waals surface area contributed by atoms with Crippen molar-refractivity contribution in [3.8, 4) is 0 Å². The number of nitrogens with zero attached hydrogens (tertiary/aromatic N) is 2. The Labute approximate surface area is 351 Å². The van der Waals surface area contributed by atoms with Gasteiger partial charge in [-0.3, -0.25) is 43.3 Å². The molecular formula is C42H64N8O10. The first-order valence-electron chi connectivity index (χ1n) is 21.1. The summed E-state index contributed by atoms with van der Waals surface area (Å²) < 4.78 is 0. The molecule has 3 saturated heterocycles. The van der Waals surface area contributed by atoms with Crippen LogP contribution in [0.1, 0.15) is 91.2 Å². The molecule has 18 nitrogen and oxygen atoms in total. The second-order valence-electron chi connectivity index (χ2n) is 17.3. The molecule has 60 heavy (non-hydrogen) atoms. The number of carboxylic acid groups (broad SMARTS) is 1. The lowest BCUT2D eigenvalue weighted by Gasteiger charge is -2.37. The highest BCUT2D eigenvalue weighted by atomic mass is 16.4. The van der Waals surface area contributed by atoms with Gasteiger partial charge in [0.15, 0.2) is 0 Å². The molecule has 0 unspecified atom stereocenters. The summed E-state index contributed by atoms with van der Waals surface area (Å²) in [5, 5.41) is 36.6. The molecule has 3 aliphatic heterocycles. The van der Waals surface area contributed by atoms with Gasteiger partial charge in [-0.15, -0.1) is 0 Å². The number of rotatable bonds is 10. The number of aliphatic hydroxyl groups is 1. The van der Waals surface area contributed by atoms with Crippen LogP contribution in [0.3, 0.4) is 0 Å². The third kappa shape index (κ3) is 12.7. The monoisotopic (exact) mass is 840 g/mol. The van der Waals surface area contributed by atoms with Gasteiger partial charge in [0.2, 0.25) is 41.4 Å². The number of aliphatic carboxylic acids is 1. The predicted octanol–water partition coefficient (Wildman–Crippen LogP) is -0.507. The standard InChI is InChI=1S/C42H64N8O10/c1-22(2)18-28-36(54)45-29(20-33(52)53)37(55)48-34(26(7)51)40(58)44-25(6)35(41(59)43-21-23(3)4)49-16-8-10-31(49)38(56)47-30(19-27-14-12-24(5)13-15-27)42(60)50-17-9-11-32(50)39(57)46-28/h12-15,22-23,25-26,28-32,34-35,51H,8-11,16-21H2,1-7H3,(H,43,59)(H,44,58)(H,45,54)(H,46,57)(H,47,56)(H,48,55)(H,52,53)/t25-,26+,28-,29-,30-,31-,32+,34-,35-/m0/s1. The molecule has 0 aromatic heterocycles. The number of hydrogen-bond donors (Lipinski definition) is 8. The van der Waals surface area contributed by atoms with Crippen molar-refractivity contribution in [3.05, 3.63) is 35.4 Å². The molecule has 3 heterocycles. The quantitative estimate of drug-likeness (QED) is 0.149. The Morgan fingerprint density at radius 1 is 0.750 bits per heavy atom. The van der Waals surface area contributed by atoms with Crippen LogP contribution in [0.5, 0.6) is 0 Å². The van der Waals surface area contributed by atoms with Crippen LogP contribution in [0.4, 0.5) is 0 Å². The van der Waals surface area contributed by atoms with E-state index >= 15 is 0 Å². The summed E-state index contributed by atoms with van der Waals surface area (Å²) in [6, 6.07) is -2.31. The molecule has 0 radical (unpaired) electrons. The zero-order valence-corrected chi connectivity index (χ0v) is 35.8. The number of amides is 7. The van der Waals surface area contributed by atoms with Crippen molar-refractivity contribution in [2.45, 2.75) is 148 Å². The first-order chi connectivity index (χ1) is 28.3. The summed E-state index contributed by atoms with van der Waals surface area (Å²) in [6.07, 6.45) is -0.653. The van der Waals surface area contributed by atoms with Gasteiger partial charge >= 0.3 is 5.97 Å². The van der Waals surface area contributed by atoms with Crippen molar-refractivity contribution in [1.82, 2.24) is 41.7 Å². The van der Waals surface area contributed by atoms with Crippen LogP contribution in [0.25, 0.3) is 0 Å². The van der Waals surface area contributed by atoms with Crippen molar-refractivity contribution in [2.24, 2.45) is 11.8 Å². The van der Waals surface area contributed by atoms with E-state index in [0.717, 1.165) is 11.1 Å². The Morgan fingerprint density at radius 3 is 1.95 bits per heavy atom. The Balaban J connectivity index is 1.82. The molecule has 7 amide bonds. The van der Waals surface area contributed by atoms with Crippen molar-refractivity contribution in [3.63, 3.8) is 0 Å². The summed E-state index contributed by atoms with van der Waals surface area (Å²) in [4.78, 5) is 114. The lowest BCUT2D eigenvalue weighted by atomic mass is 10.0. The van der Waals surface area contributed by atoms with Gasteiger partial charge in [0.05, 0.1) is 24.6 Å². The molecule has 332 valence electrons. The number of carbonyl (C=O) groups is 8. The average Bonchev–Trinajstić information content (AvgIpc) is 3.86. The predicted molar refractivity (Wildman–Crippen MR) is 220 cm³/mol. The van der Waals surface area contributed by atoms with E-state index in [2.05, 4.69) is 31.9 Å².